The Hall–Kier alpha value is -0.210. The lowest BCUT2D eigenvalue weighted by molar-refractivity contribution is 0.183. The van der Waals surface area contributed by atoms with Gasteiger partial charge in [0.2, 0.25) is 0 Å². The van der Waals surface area contributed by atoms with Crippen LogP contribution in [0.3, 0.4) is 0 Å². The first-order valence-electron chi connectivity index (χ1n) is 6.38. The molecule has 0 spiro atoms. The summed E-state index contributed by atoms with van der Waals surface area (Å²) in [5.74, 6) is 0. The lowest BCUT2D eigenvalue weighted by Gasteiger charge is -2.37. The van der Waals surface area contributed by atoms with E-state index in [0.29, 0.717) is 32.1 Å². The summed E-state index contributed by atoms with van der Waals surface area (Å²) in [4.78, 5) is 2.08. The molecule has 1 atom stereocenters. The Kier molecular flexibility index (Phi) is 6.00. The van der Waals surface area contributed by atoms with Gasteiger partial charge in [0.1, 0.15) is 0 Å². The van der Waals surface area contributed by atoms with Crippen LogP contribution < -0.4 is 0 Å². The normalized spacial score (nSPS) is 22.9. The highest BCUT2D eigenvalue weighted by molar-refractivity contribution is 7.86. The third-order valence-corrected chi connectivity index (χ3v) is 5.40. The van der Waals surface area contributed by atoms with E-state index in [1.54, 1.807) is 11.4 Å². The zero-order valence-electron chi connectivity index (χ0n) is 11.5. The van der Waals surface area contributed by atoms with Gasteiger partial charge in [-0.15, -0.1) is 0 Å². The number of hydrogen-bond donors (Lipinski definition) is 1. The summed E-state index contributed by atoms with van der Waals surface area (Å²) in [6, 6.07) is 0.291. The van der Waals surface area contributed by atoms with Gasteiger partial charge in [0.15, 0.2) is 0 Å². The van der Waals surface area contributed by atoms with E-state index in [2.05, 4.69) is 4.90 Å². The summed E-state index contributed by atoms with van der Waals surface area (Å²) in [6.07, 6.45) is 2.41. The minimum absolute atomic E-state index is 0.0141. The maximum Gasteiger partial charge on any atom is 0.281 e. The molecule has 0 saturated carbocycles. The van der Waals surface area contributed by atoms with Gasteiger partial charge in [-0.3, -0.25) is 0 Å². The summed E-state index contributed by atoms with van der Waals surface area (Å²) in [7, 11) is 2.17. The molecule has 0 aromatic heterocycles. The van der Waals surface area contributed by atoms with Gasteiger partial charge in [0.05, 0.1) is 0 Å². The standard InChI is InChI=1S/C11H25N3O3S/c1-12(2)11-6-4-8-14(10-11)18(16,17)13(3)7-5-9-15/h11,15H,4-10H2,1-3H3. The quantitative estimate of drug-likeness (QED) is 0.717. The molecular formula is C11H25N3O3S. The summed E-state index contributed by atoms with van der Waals surface area (Å²) >= 11 is 0. The van der Waals surface area contributed by atoms with Gasteiger partial charge in [0.25, 0.3) is 10.2 Å². The van der Waals surface area contributed by atoms with Crippen LogP contribution in [0.15, 0.2) is 0 Å². The number of likely N-dealkylation sites (N-methyl/N-ethyl adjacent to an activating group) is 1. The number of piperidine rings is 1. The lowest BCUT2D eigenvalue weighted by atomic mass is 10.1. The van der Waals surface area contributed by atoms with Crippen molar-refractivity contribution in [3.63, 3.8) is 0 Å². The Bertz CT molecular complexity index is 345. The zero-order valence-corrected chi connectivity index (χ0v) is 12.4. The minimum Gasteiger partial charge on any atom is -0.396 e. The molecule has 1 fully saturated rings. The highest BCUT2D eigenvalue weighted by Gasteiger charge is 2.32. The van der Waals surface area contributed by atoms with Crippen LogP contribution in [0.1, 0.15) is 19.3 Å². The van der Waals surface area contributed by atoms with Crippen LogP contribution in [0.2, 0.25) is 0 Å². The van der Waals surface area contributed by atoms with Crippen molar-refractivity contribution in [1.29, 1.82) is 0 Å². The van der Waals surface area contributed by atoms with Crippen LogP contribution in [-0.4, -0.2) is 80.5 Å². The molecule has 1 saturated heterocycles. The van der Waals surface area contributed by atoms with Crippen LogP contribution in [0.5, 0.6) is 0 Å². The van der Waals surface area contributed by atoms with Crippen LogP contribution in [-0.2, 0) is 10.2 Å². The average Bonchev–Trinajstić information content (AvgIpc) is 2.35. The van der Waals surface area contributed by atoms with Gasteiger partial charge in [0, 0.05) is 39.3 Å². The maximum absolute atomic E-state index is 12.3. The first-order valence-corrected chi connectivity index (χ1v) is 7.78. The Balaban J connectivity index is 2.66. The first kappa shape index (κ1) is 15.8. The lowest BCUT2D eigenvalue weighted by Crippen LogP contribution is -2.51. The average molecular weight is 279 g/mol. The fourth-order valence-electron chi connectivity index (χ4n) is 2.16. The number of hydrogen-bond acceptors (Lipinski definition) is 4. The molecule has 0 radical (unpaired) electrons. The number of aliphatic hydroxyl groups is 1. The summed E-state index contributed by atoms with van der Waals surface area (Å²) in [6.45, 7) is 1.52. The number of nitrogens with zero attached hydrogens (tertiary/aromatic N) is 3. The predicted octanol–water partition coefficient (Wildman–Crippen LogP) is -0.429. The van der Waals surface area contributed by atoms with E-state index in [1.807, 2.05) is 14.1 Å². The molecular weight excluding hydrogens is 254 g/mol. The fraction of sp³-hybridized carbons (Fsp3) is 1.00. The zero-order chi connectivity index (χ0) is 13.8. The minimum atomic E-state index is -3.37. The molecule has 0 aromatic rings. The Morgan fingerprint density at radius 2 is 2.00 bits per heavy atom. The second-order valence-corrected chi connectivity index (χ2v) is 7.06. The van der Waals surface area contributed by atoms with Gasteiger partial charge in [-0.2, -0.15) is 17.0 Å². The summed E-state index contributed by atoms with van der Waals surface area (Å²) in [5.41, 5.74) is 0. The first-order chi connectivity index (χ1) is 8.39. The second kappa shape index (κ2) is 6.81. The molecule has 1 rings (SSSR count). The van der Waals surface area contributed by atoms with Crippen LogP contribution >= 0.6 is 0 Å². The molecule has 7 heteroatoms. The van der Waals surface area contributed by atoms with E-state index in [4.69, 9.17) is 5.11 Å². The topological polar surface area (TPSA) is 64.1 Å². The van der Waals surface area contributed by atoms with Crippen LogP contribution in [0.25, 0.3) is 0 Å². The molecule has 1 N–H and O–H groups in total. The molecule has 1 heterocycles. The third kappa shape index (κ3) is 3.89. The van der Waals surface area contributed by atoms with Crippen molar-refractivity contribution < 1.29 is 13.5 Å². The van der Waals surface area contributed by atoms with E-state index in [-0.39, 0.29) is 6.61 Å². The smallest absolute Gasteiger partial charge is 0.281 e. The molecule has 0 bridgehead atoms. The third-order valence-electron chi connectivity index (χ3n) is 3.44. The largest absolute Gasteiger partial charge is 0.396 e. The van der Waals surface area contributed by atoms with Crippen molar-refractivity contribution in [3.8, 4) is 0 Å². The van der Waals surface area contributed by atoms with Gasteiger partial charge in [-0.05, 0) is 33.4 Å². The number of aliphatic hydroxyl groups excluding tert-OH is 1. The SMILES string of the molecule is CN(C)C1CCCN(S(=O)(=O)N(C)CCCO)C1. The van der Waals surface area contributed by atoms with E-state index >= 15 is 0 Å². The molecule has 0 aliphatic carbocycles. The van der Waals surface area contributed by atoms with Crippen molar-refractivity contribution in [2.24, 2.45) is 0 Å². The van der Waals surface area contributed by atoms with Gasteiger partial charge in [-0.25, -0.2) is 0 Å². The molecule has 0 aromatic carbocycles. The second-order valence-electron chi connectivity index (χ2n) is 5.02. The van der Waals surface area contributed by atoms with Gasteiger partial charge < -0.3 is 10.0 Å². The molecule has 1 aliphatic heterocycles. The maximum atomic E-state index is 12.3. The highest BCUT2D eigenvalue weighted by Crippen LogP contribution is 2.18. The predicted molar refractivity (Wildman–Crippen MR) is 71.5 cm³/mol. The monoisotopic (exact) mass is 279 g/mol. The van der Waals surface area contributed by atoms with Crippen molar-refractivity contribution in [3.05, 3.63) is 0 Å². The number of rotatable bonds is 6. The molecule has 0 amide bonds. The molecule has 18 heavy (non-hydrogen) atoms. The van der Waals surface area contributed by atoms with Gasteiger partial charge >= 0.3 is 0 Å². The van der Waals surface area contributed by atoms with Gasteiger partial charge in [-0.1, -0.05) is 0 Å². The Labute approximate surface area is 110 Å². The van der Waals surface area contributed by atoms with Crippen LogP contribution in [0, 0.1) is 0 Å². The van der Waals surface area contributed by atoms with E-state index < -0.39 is 10.2 Å². The summed E-state index contributed by atoms with van der Waals surface area (Å²) in [5, 5.41) is 8.76. The molecule has 1 aliphatic rings. The van der Waals surface area contributed by atoms with Crippen molar-refractivity contribution >= 4 is 10.2 Å². The van der Waals surface area contributed by atoms with Crippen molar-refractivity contribution in [2.75, 3.05) is 47.4 Å². The Morgan fingerprint density at radius 1 is 1.33 bits per heavy atom. The summed E-state index contributed by atoms with van der Waals surface area (Å²) < 4.78 is 27.5. The highest BCUT2D eigenvalue weighted by atomic mass is 32.2. The van der Waals surface area contributed by atoms with Crippen molar-refractivity contribution in [2.45, 2.75) is 25.3 Å². The fourth-order valence-corrected chi connectivity index (χ4v) is 3.63. The van der Waals surface area contributed by atoms with E-state index in [9.17, 15) is 8.42 Å². The van der Waals surface area contributed by atoms with Crippen molar-refractivity contribution in [1.82, 2.24) is 13.5 Å². The van der Waals surface area contributed by atoms with Crippen LogP contribution in [0.4, 0.5) is 0 Å². The molecule has 6 nitrogen and oxygen atoms in total. The Morgan fingerprint density at radius 3 is 2.56 bits per heavy atom. The molecule has 1 unspecified atom stereocenters. The van der Waals surface area contributed by atoms with E-state index in [0.717, 1.165) is 12.8 Å². The molecule has 108 valence electrons. The van der Waals surface area contributed by atoms with E-state index in [1.165, 1.54) is 4.31 Å².